The zero-order chi connectivity index (χ0) is 21.1. The van der Waals surface area contributed by atoms with E-state index in [0.29, 0.717) is 11.6 Å². The molecule has 0 spiro atoms. The number of nitrogens with one attached hydrogen (secondary N) is 2. The number of nitrogens with zero attached hydrogens (tertiary/aromatic N) is 1. The lowest BCUT2D eigenvalue weighted by Gasteiger charge is -2.34. The molecule has 0 radical (unpaired) electrons. The van der Waals surface area contributed by atoms with Crippen LogP contribution in [0.3, 0.4) is 0 Å². The van der Waals surface area contributed by atoms with Crippen LogP contribution in [0.25, 0.3) is 0 Å². The van der Waals surface area contributed by atoms with E-state index >= 15 is 0 Å². The maximum Gasteiger partial charge on any atom is 0.253 e. The maximum absolute atomic E-state index is 13.0. The lowest BCUT2D eigenvalue weighted by molar-refractivity contribution is 0.0847. The lowest BCUT2D eigenvalue weighted by Crippen LogP contribution is -2.39. The van der Waals surface area contributed by atoms with Gasteiger partial charge in [0.25, 0.3) is 11.5 Å². The van der Waals surface area contributed by atoms with Crippen molar-refractivity contribution in [3.05, 3.63) is 49.2 Å². The number of amides is 1. The molecule has 158 valence electrons. The average Bonchev–Trinajstić information content (AvgIpc) is 2.96. The highest BCUT2D eigenvalue weighted by Gasteiger charge is 2.27. The molecule has 1 aliphatic heterocycles. The molecule has 1 aliphatic rings. The van der Waals surface area contributed by atoms with E-state index in [2.05, 4.69) is 22.1 Å². The second-order valence-electron chi connectivity index (χ2n) is 7.72. The molecule has 3 heterocycles. The van der Waals surface area contributed by atoms with Crippen LogP contribution in [0.5, 0.6) is 0 Å². The number of anilines is 1. The average molecular weight is 418 g/mol. The number of hydrogen-bond acceptors (Lipinski definition) is 5. The highest BCUT2D eigenvalue weighted by Crippen LogP contribution is 2.37. The number of aromatic nitrogens is 1. The quantitative estimate of drug-likeness (QED) is 0.753. The molecule has 1 saturated heterocycles. The van der Waals surface area contributed by atoms with Crippen LogP contribution >= 0.6 is 11.3 Å². The van der Waals surface area contributed by atoms with Gasteiger partial charge in [-0.05, 0) is 64.7 Å². The summed E-state index contributed by atoms with van der Waals surface area (Å²) in [4.78, 5) is 31.5. The van der Waals surface area contributed by atoms with E-state index in [1.807, 2.05) is 33.8 Å². The summed E-state index contributed by atoms with van der Waals surface area (Å²) in [7, 11) is 0. The Morgan fingerprint density at radius 3 is 2.59 bits per heavy atom. The minimum absolute atomic E-state index is 0.120. The molecule has 1 fully saturated rings. The number of carbonyl (C=O) groups excluding carboxylic acids is 1. The molecule has 1 amide bonds. The number of thiophene rings is 1. The van der Waals surface area contributed by atoms with Crippen molar-refractivity contribution < 1.29 is 9.53 Å². The monoisotopic (exact) mass is 417 g/mol. The minimum atomic E-state index is -0.140. The molecule has 3 rings (SSSR count). The van der Waals surface area contributed by atoms with Gasteiger partial charge in [-0.1, -0.05) is 0 Å². The molecule has 29 heavy (non-hydrogen) atoms. The fraction of sp³-hybridized carbons (Fsp3) is 0.545. The Morgan fingerprint density at radius 1 is 1.28 bits per heavy atom. The van der Waals surface area contributed by atoms with Gasteiger partial charge in [-0.3, -0.25) is 9.59 Å². The molecule has 0 unspecified atom stereocenters. The van der Waals surface area contributed by atoms with E-state index in [1.165, 1.54) is 5.00 Å². The summed E-state index contributed by atoms with van der Waals surface area (Å²) in [6.07, 6.45) is 2.03. The Bertz CT molecular complexity index is 942. The molecule has 2 aromatic rings. The van der Waals surface area contributed by atoms with Crippen LogP contribution in [0, 0.1) is 27.7 Å². The third kappa shape index (κ3) is 4.56. The van der Waals surface area contributed by atoms with Gasteiger partial charge in [-0.15, -0.1) is 11.3 Å². The summed E-state index contributed by atoms with van der Waals surface area (Å²) in [6.45, 7) is 12.7. The number of aryl methyl sites for hydroxylation is 3. The first-order valence-corrected chi connectivity index (χ1v) is 11.1. The second kappa shape index (κ2) is 9.13. The summed E-state index contributed by atoms with van der Waals surface area (Å²) in [5.41, 5.74) is 3.93. The van der Waals surface area contributed by atoms with Crippen LogP contribution in [0.2, 0.25) is 0 Å². The van der Waals surface area contributed by atoms with Gasteiger partial charge >= 0.3 is 0 Å². The van der Waals surface area contributed by atoms with E-state index in [0.717, 1.165) is 59.9 Å². The number of pyridine rings is 1. The standard InChI is InChI=1S/C22H31N3O3S/c1-6-25(17-7-9-28-10-8-17)22-15(4)19(16(5)29-22)21(27)23-12-18-13(2)11-14(3)24-20(18)26/h11,17H,6-10,12H2,1-5H3,(H,23,27)(H,24,26). The van der Waals surface area contributed by atoms with Gasteiger partial charge in [-0.25, -0.2) is 0 Å². The Hall–Kier alpha value is -2.12. The predicted molar refractivity (Wildman–Crippen MR) is 118 cm³/mol. The zero-order valence-electron chi connectivity index (χ0n) is 18.0. The Morgan fingerprint density at radius 2 is 1.97 bits per heavy atom. The highest BCUT2D eigenvalue weighted by atomic mass is 32.1. The molecule has 2 aromatic heterocycles. The number of hydrogen-bond donors (Lipinski definition) is 2. The summed E-state index contributed by atoms with van der Waals surface area (Å²) >= 11 is 1.68. The van der Waals surface area contributed by atoms with E-state index in [9.17, 15) is 9.59 Å². The molecule has 0 saturated carbocycles. The number of carbonyl (C=O) groups is 1. The Labute approximate surface area is 176 Å². The van der Waals surface area contributed by atoms with E-state index in [1.54, 1.807) is 11.3 Å². The van der Waals surface area contributed by atoms with Crippen molar-refractivity contribution in [2.24, 2.45) is 0 Å². The zero-order valence-corrected chi connectivity index (χ0v) is 18.8. The summed E-state index contributed by atoms with van der Waals surface area (Å²) in [5.74, 6) is -0.120. The van der Waals surface area contributed by atoms with Crippen molar-refractivity contribution >= 4 is 22.2 Å². The van der Waals surface area contributed by atoms with Crippen molar-refractivity contribution in [2.45, 2.75) is 60.0 Å². The van der Waals surface area contributed by atoms with Crippen molar-refractivity contribution in [3.63, 3.8) is 0 Å². The van der Waals surface area contributed by atoms with Crippen LogP contribution < -0.4 is 15.8 Å². The molecule has 6 nitrogen and oxygen atoms in total. The van der Waals surface area contributed by atoms with E-state index < -0.39 is 0 Å². The van der Waals surface area contributed by atoms with Crippen molar-refractivity contribution in [1.82, 2.24) is 10.3 Å². The molecule has 7 heteroatoms. The number of rotatable bonds is 6. The molecule has 2 N–H and O–H groups in total. The highest BCUT2D eigenvalue weighted by molar-refractivity contribution is 7.16. The predicted octanol–water partition coefficient (Wildman–Crippen LogP) is 3.61. The third-order valence-corrected chi connectivity index (χ3v) is 6.92. The van der Waals surface area contributed by atoms with Crippen LogP contribution in [0.4, 0.5) is 5.00 Å². The molecule has 0 aliphatic carbocycles. The largest absolute Gasteiger partial charge is 0.381 e. The van der Waals surface area contributed by atoms with Crippen molar-refractivity contribution in [2.75, 3.05) is 24.7 Å². The van der Waals surface area contributed by atoms with E-state index in [4.69, 9.17) is 4.74 Å². The van der Waals surface area contributed by atoms with Crippen LogP contribution in [-0.4, -0.2) is 36.7 Å². The number of aromatic amines is 1. The SMILES string of the molecule is CCN(c1sc(C)c(C(=O)NCc2c(C)cc(C)[nH]c2=O)c1C)C1CCOCC1. The van der Waals surface area contributed by atoms with Crippen LogP contribution in [0.1, 0.15) is 57.4 Å². The number of ether oxygens (including phenoxy) is 1. The Kier molecular flexibility index (Phi) is 6.80. The van der Waals surface area contributed by atoms with Crippen molar-refractivity contribution in [3.8, 4) is 0 Å². The molecular formula is C22H31N3O3S. The summed E-state index contributed by atoms with van der Waals surface area (Å²) in [5, 5.41) is 4.13. The Balaban J connectivity index is 1.80. The fourth-order valence-corrected chi connectivity index (χ4v) is 5.46. The van der Waals surface area contributed by atoms with Crippen LogP contribution in [0.15, 0.2) is 10.9 Å². The first-order chi connectivity index (χ1) is 13.8. The van der Waals surface area contributed by atoms with Gasteiger partial charge in [0.15, 0.2) is 0 Å². The smallest absolute Gasteiger partial charge is 0.253 e. The minimum Gasteiger partial charge on any atom is -0.381 e. The lowest BCUT2D eigenvalue weighted by atomic mass is 10.1. The van der Waals surface area contributed by atoms with Gasteiger partial charge in [0, 0.05) is 48.5 Å². The second-order valence-corrected chi connectivity index (χ2v) is 8.92. The normalized spacial score (nSPS) is 14.8. The fourth-order valence-electron chi connectivity index (χ4n) is 4.17. The summed E-state index contributed by atoms with van der Waals surface area (Å²) in [6, 6.07) is 2.38. The topological polar surface area (TPSA) is 74.4 Å². The summed E-state index contributed by atoms with van der Waals surface area (Å²) < 4.78 is 5.51. The van der Waals surface area contributed by atoms with Gasteiger partial charge < -0.3 is 19.9 Å². The molecule has 0 aromatic carbocycles. The van der Waals surface area contributed by atoms with E-state index in [-0.39, 0.29) is 18.0 Å². The first kappa shape index (κ1) is 21.6. The van der Waals surface area contributed by atoms with Gasteiger partial charge in [0.2, 0.25) is 0 Å². The maximum atomic E-state index is 13.0. The molecular weight excluding hydrogens is 386 g/mol. The first-order valence-electron chi connectivity index (χ1n) is 10.2. The molecule has 0 bridgehead atoms. The van der Waals surface area contributed by atoms with Gasteiger partial charge in [0.05, 0.1) is 10.6 Å². The number of H-pyrrole nitrogens is 1. The van der Waals surface area contributed by atoms with Crippen LogP contribution in [-0.2, 0) is 11.3 Å². The van der Waals surface area contributed by atoms with Gasteiger partial charge in [-0.2, -0.15) is 0 Å². The van der Waals surface area contributed by atoms with Gasteiger partial charge in [0.1, 0.15) is 0 Å². The molecule has 0 atom stereocenters. The third-order valence-electron chi connectivity index (χ3n) is 5.68. The van der Waals surface area contributed by atoms with Crippen molar-refractivity contribution in [1.29, 1.82) is 0 Å².